The molecular formula is C15H19BrN2OS. The van der Waals surface area contributed by atoms with Crippen LogP contribution in [0.3, 0.4) is 0 Å². The van der Waals surface area contributed by atoms with Gasteiger partial charge < -0.3 is 10.5 Å². The minimum absolute atomic E-state index is 0.667. The maximum atomic E-state index is 5.70. The van der Waals surface area contributed by atoms with E-state index in [2.05, 4.69) is 27.0 Å². The fraction of sp³-hybridized carbons (Fsp3) is 0.400. The van der Waals surface area contributed by atoms with E-state index in [1.807, 2.05) is 24.4 Å². The third-order valence-electron chi connectivity index (χ3n) is 3.03. The van der Waals surface area contributed by atoms with Crippen LogP contribution in [0.5, 0.6) is 0 Å². The number of nitrogens with two attached hydrogens (primary N) is 1. The molecule has 0 radical (unpaired) electrons. The SMILES string of the molecule is NC1=NC=C(CCCCOCc2ccccc2Br)CS1. The highest BCUT2D eigenvalue weighted by molar-refractivity contribution is 9.10. The van der Waals surface area contributed by atoms with E-state index in [0.29, 0.717) is 11.8 Å². The van der Waals surface area contributed by atoms with E-state index in [0.717, 1.165) is 36.1 Å². The van der Waals surface area contributed by atoms with Gasteiger partial charge in [0.2, 0.25) is 0 Å². The van der Waals surface area contributed by atoms with Crippen molar-refractivity contribution in [3.8, 4) is 0 Å². The molecule has 2 N–H and O–H groups in total. The average molecular weight is 355 g/mol. The van der Waals surface area contributed by atoms with Crippen molar-refractivity contribution in [2.45, 2.75) is 25.9 Å². The molecule has 108 valence electrons. The highest BCUT2D eigenvalue weighted by Crippen LogP contribution is 2.19. The van der Waals surface area contributed by atoms with Crippen LogP contribution in [0.15, 0.2) is 45.5 Å². The van der Waals surface area contributed by atoms with Gasteiger partial charge in [0.25, 0.3) is 0 Å². The summed E-state index contributed by atoms with van der Waals surface area (Å²) in [6.45, 7) is 1.47. The molecule has 5 heteroatoms. The van der Waals surface area contributed by atoms with Gasteiger partial charge in [-0.25, -0.2) is 4.99 Å². The van der Waals surface area contributed by atoms with E-state index in [1.54, 1.807) is 11.8 Å². The Morgan fingerprint density at radius 2 is 2.15 bits per heavy atom. The minimum Gasteiger partial charge on any atom is -0.378 e. The summed E-state index contributed by atoms with van der Waals surface area (Å²) in [6, 6.07) is 8.16. The van der Waals surface area contributed by atoms with Crippen LogP contribution < -0.4 is 5.73 Å². The van der Waals surface area contributed by atoms with Crippen molar-refractivity contribution in [2.24, 2.45) is 10.7 Å². The summed E-state index contributed by atoms with van der Waals surface area (Å²) in [5, 5.41) is 0.672. The van der Waals surface area contributed by atoms with E-state index in [-0.39, 0.29) is 0 Å². The number of thioether (sulfide) groups is 1. The van der Waals surface area contributed by atoms with Gasteiger partial charge in [0.15, 0.2) is 5.17 Å². The third-order valence-corrected chi connectivity index (χ3v) is 4.72. The van der Waals surface area contributed by atoms with E-state index >= 15 is 0 Å². The second kappa shape index (κ2) is 8.49. The highest BCUT2D eigenvalue weighted by atomic mass is 79.9. The number of unbranched alkanes of at least 4 members (excludes halogenated alkanes) is 1. The minimum atomic E-state index is 0.667. The molecule has 0 saturated heterocycles. The molecule has 0 bridgehead atoms. The smallest absolute Gasteiger partial charge is 0.158 e. The molecule has 0 atom stereocenters. The lowest BCUT2D eigenvalue weighted by atomic mass is 10.1. The number of amidine groups is 1. The van der Waals surface area contributed by atoms with Gasteiger partial charge in [-0.15, -0.1) is 0 Å². The Balaban J connectivity index is 1.57. The van der Waals surface area contributed by atoms with Crippen LogP contribution in [0.25, 0.3) is 0 Å². The monoisotopic (exact) mass is 354 g/mol. The molecule has 1 aliphatic rings. The maximum absolute atomic E-state index is 5.70. The van der Waals surface area contributed by atoms with Gasteiger partial charge in [0, 0.05) is 23.0 Å². The average Bonchev–Trinajstić information content (AvgIpc) is 2.46. The topological polar surface area (TPSA) is 47.6 Å². The zero-order valence-electron chi connectivity index (χ0n) is 11.3. The Morgan fingerprint density at radius 3 is 2.90 bits per heavy atom. The van der Waals surface area contributed by atoms with Crippen LogP contribution in [-0.4, -0.2) is 17.5 Å². The normalized spacial score (nSPS) is 14.8. The van der Waals surface area contributed by atoms with Crippen LogP contribution in [-0.2, 0) is 11.3 Å². The Morgan fingerprint density at radius 1 is 1.30 bits per heavy atom. The molecule has 0 spiro atoms. The first kappa shape index (κ1) is 15.6. The number of halogens is 1. The molecule has 1 aliphatic heterocycles. The maximum Gasteiger partial charge on any atom is 0.158 e. The molecule has 0 aliphatic carbocycles. The first-order valence-corrected chi connectivity index (χ1v) is 8.48. The van der Waals surface area contributed by atoms with Crippen molar-refractivity contribution in [3.05, 3.63) is 46.1 Å². The summed E-state index contributed by atoms with van der Waals surface area (Å²) in [6.07, 6.45) is 5.21. The molecular weight excluding hydrogens is 336 g/mol. The van der Waals surface area contributed by atoms with Crippen LogP contribution in [0.1, 0.15) is 24.8 Å². The summed E-state index contributed by atoms with van der Waals surface area (Å²) < 4.78 is 6.82. The van der Waals surface area contributed by atoms with Crippen molar-refractivity contribution in [3.63, 3.8) is 0 Å². The number of hydrogen-bond acceptors (Lipinski definition) is 4. The Bertz CT molecular complexity index is 502. The van der Waals surface area contributed by atoms with Crippen LogP contribution in [0.4, 0.5) is 0 Å². The summed E-state index contributed by atoms with van der Waals surface area (Å²) >= 11 is 5.14. The summed E-state index contributed by atoms with van der Waals surface area (Å²) in [7, 11) is 0. The Hall–Kier alpha value is -0.780. The standard InChI is InChI=1S/C15H19BrN2OS/c16-14-7-2-1-6-13(14)10-19-8-4-3-5-12-9-18-15(17)20-11-12/h1-2,6-7,9H,3-5,8,10-11H2,(H2,17,18). The zero-order valence-corrected chi connectivity index (χ0v) is 13.8. The molecule has 0 saturated carbocycles. The summed E-state index contributed by atoms with van der Waals surface area (Å²) in [4.78, 5) is 4.13. The zero-order chi connectivity index (χ0) is 14.2. The van der Waals surface area contributed by atoms with Crippen molar-refractivity contribution in [1.82, 2.24) is 0 Å². The fourth-order valence-electron chi connectivity index (χ4n) is 1.89. The van der Waals surface area contributed by atoms with Gasteiger partial charge in [0.1, 0.15) is 0 Å². The van der Waals surface area contributed by atoms with Crippen molar-refractivity contribution < 1.29 is 4.74 Å². The lowest BCUT2D eigenvalue weighted by Gasteiger charge is -2.10. The lowest BCUT2D eigenvalue weighted by molar-refractivity contribution is 0.117. The third kappa shape index (κ3) is 5.31. The van der Waals surface area contributed by atoms with Crippen LogP contribution in [0, 0.1) is 0 Å². The molecule has 0 aromatic heterocycles. The summed E-state index contributed by atoms with van der Waals surface area (Å²) in [5.41, 5.74) is 8.17. The van der Waals surface area contributed by atoms with Crippen molar-refractivity contribution in [2.75, 3.05) is 12.4 Å². The van der Waals surface area contributed by atoms with Gasteiger partial charge in [-0.2, -0.15) is 0 Å². The van der Waals surface area contributed by atoms with E-state index in [9.17, 15) is 0 Å². The predicted molar refractivity (Wildman–Crippen MR) is 89.8 cm³/mol. The Kier molecular flexibility index (Phi) is 6.63. The number of hydrogen-bond donors (Lipinski definition) is 1. The van der Waals surface area contributed by atoms with Gasteiger partial charge in [0.05, 0.1) is 6.61 Å². The largest absolute Gasteiger partial charge is 0.378 e. The number of benzene rings is 1. The van der Waals surface area contributed by atoms with Gasteiger partial charge in [-0.3, -0.25) is 0 Å². The molecule has 1 heterocycles. The molecule has 1 aromatic carbocycles. The first-order chi connectivity index (χ1) is 9.75. The predicted octanol–water partition coefficient (Wildman–Crippen LogP) is 4.08. The van der Waals surface area contributed by atoms with E-state index in [1.165, 1.54) is 11.1 Å². The molecule has 0 unspecified atom stereocenters. The second-order valence-electron chi connectivity index (χ2n) is 4.64. The number of aliphatic imine (C=N–C) groups is 1. The lowest BCUT2D eigenvalue weighted by Crippen LogP contribution is -2.10. The van der Waals surface area contributed by atoms with Crippen molar-refractivity contribution in [1.29, 1.82) is 0 Å². The number of rotatable bonds is 7. The molecule has 2 rings (SSSR count). The van der Waals surface area contributed by atoms with Gasteiger partial charge in [-0.1, -0.05) is 45.9 Å². The van der Waals surface area contributed by atoms with Gasteiger partial charge >= 0.3 is 0 Å². The number of ether oxygens (including phenoxy) is 1. The quantitative estimate of drug-likeness (QED) is 0.750. The van der Waals surface area contributed by atoms with Crippen LogP contribution >= 0.6 is 27.7 Å². The number of nitrogens with zero attached hydrogens (tertiary/aromatic N) is 1. The fourth-order valence-corrected chi connectivity index (χ4v) is 2.97. The van der Waals surface area contributed by atoms with Gasteiger partial charge in [-0.05, 0) is 36.5 Å². The summed E-state index contributed by atoms with van der Waals surface area (Å²) in [5.74, 6) is 0.979. The Labute approximate surface area is 132 Å². The second-order valence-corrected chi connectivity index (χ2v) is 6.49. The molecule has 0 fully saturated rings. The first-order valence-electron chi connectivity index (χ1n) is 6.71. The van der Waals surface area contributed by atoms with E-state index in [4.69, 9.17) is 10.5 Å². The van der Waals surface area contributed by atoms with Crippen molar-refractivity contribution >= 4 is 32.9 Å². The molecule has 0 amide bonds. The van der Waals surface area contributed by atoms with Crippen LogP contribution in [0.2, 0.25) is 0 Å². The molecule has 1 aromatic rings. The van der Waals surface area contributed by atoms with E-state index < -0.39 is 0 Å². The molecule has 3 nitrogen and oxygen atoms in total. The molecule has 20 heavy (non-hydrogen) atoms. The highest BCUT2D eigenvalue weighted by Gasteiger charge is 2.05.